The molecule has 0 fully saturated rings. The van der Waals surface area contributed by atoms with E-state index in [1.165, 1.54) is 12.1 Å². The molecule has 0 saturated heterocycles. The first-order valence-electron chi connectivity index (χ1n) is 5.90. The van der Waals surface area contributed by atoms with E-state index in [0.29, 0.717) is 6.54 Å². The van der Waals surface area contributed by atoms with Crippen molar-refractivity contribution in [3.05, 3.63) is 35.8 Å². The van der Waals surface area contributed by atoms with Crippen LogP contribution in [0.25, 0.3) is 10.9 Å². The van der Waals surface area contributed by atoms with Gasteiger partial charge in [-0.1, -0.05) is 0 Å². The lowest BCUT2D eigenvalue weighted by molar-refractivity contribution is 0.186. The number of hydrogen-bond acceptors (Lipinski definition) is 1. The van der Waals surface area contributed by atoms with E-state index in [2.05, 4.69) is 5.32 Å². The van der Waals surface area contributed by atoms with Crippen molar-refractivity contribution in [2.45, 2.75) is 25.4 Å². The summed E-state index contributed by atoms with van der Waals surface area (Å²) >= 11 is 0. The minimum atomic E-state index is -1.01. The Kier molecular flexibility index (Phi) is 2.47. The molecule has 0 radical (unpaired) electrons. The summed E-state index contributed by atoms with van der Waals surface area (Å²) in [6.45, 7) is 0.564. The van der Waals surface area contributed by atoms with E-state index in [-0.39, 0.29) is 11.9 Å². The van der Waals surface area contributed by atoms with Crippen molar-refractivity contribution in [2.75, 3.05) is 0 Å². The van der Waals surface area contributed by atoms with Crippen molar-refractivity contribution >= 4 is 17.0 Å². The van der Waals surface area contributed by atoms with E-state index in [1.807, 2.05) is 10.6 Å². The van der Waals surface area contributed by atoms with Crippen molar-refractivity contribution in [3.63, 3.8) is 0 Å². The predicted molar refractivity (Wildman–Crippen MR) is 65.2 cm³/mol. The van der Waals surface area contributed by atoms with Gasteiger partial charge in [-0.2, -0.15) is 0 Å². The van der Waals surface area contributed by atoms with Crippen LogP contribution < -0.4 is 5.32 Å². The molecule has 3 rings (SSSR count). The Hall–Kier alpha value is -2.04. The van der Waals surface area contributed by atoms with E-state index in [9.17, 15) is 9.18 Å². The fourth-order valence-corrected chi connectivity index (χ4v) is 2.63. The van der Waals surface area contributed by atoms with Gasteiger partial charge in [0.25, 0.3) is 0 Å². The van der Waals surface area contributed by atoms with E-state index in [1.54, 1.807) is 6.07 Å². The Labute approximate surface area is 103 Å². The fourth-order valence-electron chi connectivity index (χ4n) is 2.63. The zero-order valence-electron chi connectivity index (χ0n) is 9.69. The second-order valence-electron chi connectivity index (χ2n) is 4.63. The number of fused-ring (bicyclic) bond motifs is 3. The molecule has 94 valence electrons. The van der Waals surface area contributed by atoms with Gasteiger partial charge in [0.2, 0.25) is 0 Å². The van der Waals surface area contributed by atoms with E-state index < -0.39 is 6.09 Å². The first-order valence-corrected chi connectivity index (χ1v) is 5.90. The highest BCUT2D eigenvalue weighted by Gasteiger charge is 2.21. The molecule has 2 N–H and O–H groups in total. The highest BCUT2D eigenvalue weighted by molar-refractivity contribution is 5.81. The SMILES string of the molecule is O=C(O)NC1CCc2cc3ccc(F)cc3n2C1. The number of aromatic nitrogens is 1. The second kappa shape index (κ2) is 4.01. The summed E-state index contributed by atoms with van der Waals surface area (Å²) in [6, 6.07) is 6.65. The smallest absolute Gasteiger partial charge is 0.404 e. The van der Waals surface area contributed by atoms with Gasteiger partial charge in [0.05, 0.1) is 11.6 Å². The molecule has 0 spiro atoms. The summed E-state index contributed by atoms with van der Waals surface area (Å²) in [6.07, 6.45) is 0.581. The number of halogens is 1. The van der Waals surface area contributed by atoms with E-state index in [0.717, 1.165) is 29.4 Å². The van der Waals surface area contributed by atoms with Crippen LogP contribution in [0.4, 0.5) is 9.18 Å². The first-order chi connectivity index (χ1) is 8.63. The van der Waals surface area contributed by atoms with Gasteiger partial charge in [-0.05, 0) is 37.1 Å². The third kappa shape index (κ3) is 1.81. The summed E-state index contributed by atoms with van der Waals surface area (Å²) in [7, 11) is 0. The zero-order valence-corrected chi connectivity index (χ0v) is 9.69. The summed E-state index contributed by atoms with van der Waals surface area (Å²) in [5.41, 5.74) is 1.97. The lowest BCUT2D eigenvalue weighted by Gasteiger charge is -2.25. The van der Waals surface area contributed by atoms with Crippen LogP contribution in [0.3, 0.4) is 0 Å². The van der Waals surface area contributed by atoms with Crippen molar-refractivity contribution in [3.8, 4) is 0 Å². The van der Waals surface area contributed by atoms with Crippen LogP contribution in [-0.2, 0) is 13.0 Å². The van der Waals surface area contributed by atoms with E-state index in [4.69, 9.17) is 5.11 Å². The molecular formula is C13H13FN2O2. The molecule has 1 amide bonds. The second-order valence-corrected chi connectivity index (χ2v) is 4.63. The maximum Gasteiger partial charge on any atom is 0.404 e. The molecule has 0 saturated carbocycles. The third-order valence-electron chi connectivity index (χ3n) is 3.43. The topological polar surface area (TPSA) is 54.3 Å². The predicted octanol–water partition coefficient (Wildman–Crippen LogP) is 2.36. The number of nitrogens with zero attached hydrogens (tertiary/aromatic N) is 1. The van der Waals surface area contributed by atoms with Crippen molar-refractivity contribution in [1.29, 1.82) is 0 Å². The van der Waals surface area contributed by atoms with Gasteiger partial charge >= 0.3 is 6.09 Å². The number of nitrogens with one attached hydrogen (secondary N) is 1. The van der Waals surface area contributed by atoms with Gasteiger partial charge < -0.3 is 15.0 Å². The highest BCUT2D eigenvalue weighted by atomic mass is 19.1. The summed E-state index contributed by atoms with van der Waals surface area (Å²) in [5, 5.41) is 12.2. The maximum atomic E-state index is 13.3. The summed E-state index contributed by atoms with van der Waals surface area (Å²) < 4.78 is 15.3. The normalized spacial score (nSPS) is 18.6. The van der Waals surface area contributed by atoms with Gasteiger partial charge in [-0.15, -0.1) is 0 Å². The summed E-state index contributed by atoms with van der Waals surface area (Å²) in [4.78, 5) is 10.7. The monoisotopic (exact) mass is 248 g/mol. The molecule has 1 unspecified atom stereocenters. The number of benzene rings is 1. The average Bonchev–Trinajstić information content (AvgIpc) is 2.66. The molecule has 1 aromatic carbocycles. The molecule has 1 aromatic heterocycles. The molecule has 1 aliphatic heterocycles. The van der Waals surface area contributed by atoms with Crippen LogP contribution in [0.5, 0.6) is 0 Å². The van der Waals surface area contributed by atoms with Crippen LogP contribution in [0, 0.1) is 5.82 Å². The Bertz CT molecular complexity index is 621. The van der Waals surface area contributed by atoms with Crippen LogP contribution in [-0.4, -0.2) is 21.8 Å². The lowest BCUT2D eigenvalue weighted by Crippen LogP contribution is -2.40. The maximum absolute atomic E-state index is 13.3. The molecule has 4 nitrogen and oxygen atoms in total. The molecule has 1 atom stereocenters. The van der Waals surface area contributed by atoms with Gasteiger partial charge in [0.1, 0.15) is 5.82 Å². The van der Waals surface area contributed by atoms with Gasteiger partial charge in [0, 0.05) is 17.6 Å². The Balaban J connectivity index is 2.00. The van der Waals surface area contributed by atoms with Crippen LogP contribution in [0.1, 0.15) is 12.1 Å². The van der Waals surface area contributed by atoms with Gasteiger partial charge in [-0.3, -0.25) is 0 Å². The van der Waals surface area contributed by atoms with Gasteiger partial charge in [-0.25, -0.2) is 9.18 Å². The largest absolute Gasteiger partial charge is 0.465 e. The lowest BCUT2D eigenvalue weighted by atomic mass is 10.1. The molecule has 1 aliphatic rings. The van der Waals surface area contributed by atoms with Gasteiger partial charge in [0.15, 0.2) is 0 Å². The third-order valence-corrected chi connectivity index (χ3v) is 3.43. The molecule has 0 bridgehead atoms. The number of amides is 1. The van der Waals surface area contributed by atoms with Crippen molar-refractivity contribution in [2.24, 2.45) is 0 Å². The molecule has 5 heteroatoms. The molecule has 2 heterocycles. The minimum Gasteiger partial charge on any atom is -0.465 e. The first kappa shape index (κ1) is 11.1. The number of hydrogen-bond donors (Lipinski definition) is 2. The highest BCUT2D eigenvalue weighted by Crippen LogP contribution is 2.26. The van der Waals surface area contributed by atoms with Crippen molar-refractivity contribution < 1.29 is 14.3 Å². The number of carbonyl (C=O) groups is 1. The van der Waals surface area contributed by atoms with Crippen LogP contribution >= 0.6 is 0 Å². The Morgan fingerprint density at radius 1 is 1.44 bits per heavy atom. The quantitative estimate of drug-likeness (QED) is 0.814. The zero-order chi connectivity index (χ0) is 12.7. The summed E-state index contributed by atoms with van der Waals surface area (Å²) in [5.74, 6) is -0.267. The Morgan fingerprint density at radius 3 is 3.06 bits per heavy atom. The molecule has 0 aliphatic carbocycles. The number of aryl methyl sites for hydroxylation is 1. The van der Waals surface area contributed by atoms with E-state index >= 15 is 0 Å². The molecular weight excluding hydrogens is 235 g/mol. The minimum absolute atomic E-state index is 0.103. The number of rotatable bonds is 1. The van der Waals surface area contributed by atoms with Crippen LogP contribution in [0.15, 0.2) is 24.3 Å². The molecule has 18 heavy (non-hydrogen) atoms. The standard InChI is InChI=1S/C13H13FN2O2/c14-9-2-1-8-5-11-4-3-10(15-13(17)18)7-16(11)12(8)6-9/h1-2,5-6,10,15H,3-4,7H2,(H,17,18). The fraction of sp³-hybridized carbons (Fsp3) is 0.308. The molecule has 2 aromatic rings. The van der Waals surface area contributed by atoms with Crippen LogP contribution in [0.2, 0.25) is 0 Å². The Morgan fingerprint density at radius 2 is 2.28 bits per heavy atom. The average molecular weight is 248 g/mol. The number of carboxylic acid groups (broad SMARTS) is 1. The van der Waals surface area contributed by atoms with Crippen molar-refractivity contribution in [1.82, 2.24) is 9.88 Å².